The summed E-state index contributed by atoms with van der Waals surface area (Å²) in [6.45, 7) is 7.44. The Labute approximate surface area is 132 Å². The second-order valence-corrected chi connectivity index (χ2v) is 5.91. The average Bonchev–Trinajstić information content (AvgIpc) is 2.75. The molecule has 0 aromatic carbocycles. The summed E-state index contributed by atoms with van der Waals surface area (Å²) in [5, 5.41) is 3.93. The summed E-state index contributed by atoms with van der Waals surface area (Å²) in [5.41, 5.74) is 7.76. The quantitative estimate of drug-likeness (QED) is 0.924. The highest BCUT2D eigenvalue weighted by atomic mass is 35.5. The van der Waals surface area contributed by atoms with Crippen LogP contribution in [0.1, 0.15) is 43.2 Å². The highest BCUT2D eigenvalue weighted by Crippen LogP contribution is 2.23. The summed E-state index contributed by atoms with van der Waals surface area (Å²) < 4.78 is 5.13. The van der Waals surface area contributed by atoms with E-state index in [2.05, 4.69) is 12.1 Å². The average molecular weight is 316 g/mol. The fourth-order valence-electron chi connectivity index (χ4n) is 3.04. The number of aromatic nitrogens is 1. The van der Waals surface area contributed by atoms with Gasteiger partial charge in [-0.15, -0.1) is 12.4 Å². The van der Waals surface area contributed by atoms with Gasteiger partial charge in [0.05, 0.1) is 5.69 Å². The lowest BCUT2D eigenvalue weighted by molar-refractivity contribution is -0.135. The zero-order valence-electron chi connectivity index (χ0n) is 13.1. The van der Waals surface area contributed by atoms with Crippen molar-refractivity contribution in [2.45, 2.75) is 52.5 Å². The number of hydrogen-bond donors (Lipinski definition) is 1. The highest BCUT2D eigenvalue weighted by molar-refractivity contribution is 5.85. The normalized spacial score (nSPS) is 22.0. The largest absolute Gasteiger partial charge is 0.361 e. The van der Waals surface area contributed by atoms with E-state index in [4.69, 9.17) is 10.3 Å². The van der Waals surface area contributed by atoms with Crippen LogP contribution in [0.15, 0.2) is 4.52 Å². The molecule has 1 saturated heterocycles. The van der Waals surface area contributed by atoms with E-state index in [0.717, 1.165) is 36.4 Å². The van der Waals surface area contributed by atoms with Crippen LogP contribution in [0, 0.1) is 19.8 Å². The highest BCUT2D eigenvalue weighted by Gasteiger charge is 2.28. The molecule has 2 heterocycles. The van der Waals surface area contributed by atoms with Crippen molar-refractivity contribution in [3.8, 4) is 0 Å². The van der Waals surface area contributed by atoms with E-state index in [1.807, 2.05) is 18.7 Å². The van der Waals surface area contributed by atoms with Gasteiger partial charge in [-0.25, -0.2) is 0 Å². The molecule has 1 aliphatic heterocycles. The molecule has 1 aliphatic rings. The Morgan fingerprint density at radius 2 is 2.19 bits per heavy atom. The van der Waals surface area contributed by atoms with Crippen molar-refractivity contribution in [1.82, 2.24) is 10.1 Å². The molecule has 1 aromatic rings. The Kier molecular flexibility index (Phi) is 6.68. The van der Waals surface area contributed by atoms with Crippen molar-refractivity contribution in [1.29, 1.82) is 0 Å². The molecule has 2 atom stereocenters. The number of likely N-dealkylation sites (tertiary alicyclic amines) is 1. The molecule has 21 heavy (non-hydrogen) atoms. The van der Waals surface area contributed by atoms with Gasteiger partial charge in [0.2, 0.25) is 5.91 Å². The van der Waals surface area contributed by atoms with E-state index in [0.29, 0.717) is 25.3 Å². The Morgan fingerprint density at radius 1 is 1.48 bits per heavy atom. The minimum Gasteiger partial charge on any atom is -0.361 e. The van der Waals surface area contributed by atoms with Crippen LogP contribution in [0.25, 0.3) is 0 Å². The monoisotopic (exact) mass is 315 g/mol. The number of halogens is 1. The van der Waals surface area contributed by atoms with Gasteiger partial charge in [0.1, 0.15) is 5.76 Å². The smallest absolute Gasteiger partial charge is 0.223 e. The van der Waals surface area contributed by atoms with Crippen LogP contribution < -0.4 is 5.73 Å². The molecule has 2 rings (SSSR count). The van der Waals surface area contributed by atoms with Crippen LogP contribution in [0.3, 0.4) is 0 Å². The van der Waals surface area contributed by atoms with Crippen LogP contribution in [-0.4, -0.2) is 35.1 Å². The predicted octanol–water partition coefficient (Wildman–Crippen LogP) is 2.23. The van der Waals surface area contributed by atoms with Gasteiger partial charge in [-0.05, 0) is 39.0 Å². The van der Waals surface area contributed by atoms with Gasteiger partial charge in [0.15, 0.2) is 0 Å². The molecule has 2 unspecified atom stereocenters. The molecule has 0 saturated carbocycles. The van der Waals surface area contributed by atoms with Crippen LogP contribution in [0.5, 0.6) is 0 Å². The van der Waals surface area contributed by atoms with Crippen molar-refractivity contribution >= 4 is 18.3 Å². The molecule has 1 amide bonds. The molecular weight excluding hydrogens is 290 g/mol. The van der Waals surface area contributed by atoms with Gasteiger partial charge in [-0.2, -0.15) is 0 Å². The lowest BCUT2D eigenvalue weighted by Gasteiger charge is -2.38. The lowest BCUT2D eigenvalue weighted by Crippen LogP contribution is -2.49. The first-order valence-corrected chi connectivity index (χ1v) is 7.44. The number of piperidine rings is 1. The van der Waals surface area contributed by atoms with Crippen molar-refractivity contribution in [2.24, 2.45) is 11.7 Å². The molecule has 0 aliphatic carbocycles. The molecule has 120 valence electrons. The summed E-state index contributed by atoms with van der Waals surface area (Å²) >= 11 is 0. The zero-order valence-corrected chi connectivity index (χ0v) is 13.9. The summed E-state index contributed by atoms with van der Waals surface area (Å²) in [6, 6.07) is 0.205. The Hall–Kier alpha value is -1.07. The third kappa shape index (κ3) is 4.20. The van der Waals surface area contributed by atoms with E-state index in [1.165, 1.54) is 0 Å². The molecule has 0 bridgehead atoms. The standard InChI is InChI=1S/C15H25N3O2.ClH/c1-10-6-7-18(13(8-10)9-16)15(19)5-4-14-11(2)17-20-12(14)3;/h10,13H,4-9,16H2,1-3H3;1H. The van der Waals surface area contributed by atoms with Gasteiger partial charge in [-0.3, -0.25) is 4.79 Å². The predicted molar refractivity (Wildman–Crippen MR) is 84.5 cm³/mol. The molecule has 1 aromatic heterocycles. The Balaban J connectivity index is 0.00000220. The number of carbonyl (C=O) groups excluding carboxylic acids is 1. The summed E-state index contributed by atoms with van der Waals surface area (Å²) in [6.07, 6.45) is 3.30. The summed E-state index contributed by atoms with van der Waals surface area (Å²) in [5.74, 6) is 1.68. The topological polar surface area (TPSA) is 72.4 Å². The van der Waals surface area contributed by atoms with Gasteiger partial charge in [0, 0.05) is 31.1 Å². The Morgan fingerprint density at radius 3 is 2.76 bits per heavy atom. The van der Waals surface area contributed by atoms with E-state index in [9.17, 15) is 4.79 Å². The summed E-state index contributed by atoms with van der Waals surface area (Å²) in [4.78, 5) is 14.4. The number of nitrogens with two attached hydrogens (primary N) is 1. The van der Waals surface area contributed by atoms with Gasteiger partial charge >= 0.3 is 0 Å². The third-order valence-electron chi connectivity index (χ3n) is 4.34. The minimum absolute atomic E-state index is 0. The van der Waals surface area contributed by atoms with E-state index < -0.39 is 0 Å². The first kappa shape index (κ1) is 18.0. The van der Waals surface area contributed by atoms with Crippen molar-refractivity contribution in [3.63, 3.8) is 0 Å². The lowest BCUT2D eigenvalue weighted by atomic mass is 9.92. The molecule has 0 spiro atoms. The molecule has 0 radical (unpaired) electrons. The number of carbonyl (C=O) groups is 1. The fourth-order valence-corrected chi connectivity index (χ4v) is 3.04. The number of aryl methyl sites for hydroxylation is 2. The van der Waals surface area contributed by atoms with Crippen molar-refractivity contribution in [2.75, 3.05) is 13.1 Å². The van der Waals surface area contributed by atoms with Crippen molar-refractivity contribution < 1.29 is 9.32 Å². The maximum absolute atomic E-state index is 12.4. The maximum Gasteiger partial charge on any atom is 0.223 e. The fraction of sp³-hybridized carbons (Fsp3) is 0.733. The van der Waals surface area contributed by atoms with Crippen LogP contribution in [0.4, 0.5) is 0 Å². The second kappa shape index (κ2) is 7.80. The van der Waals surface area contributed by atoms with E-state index >= 15 is 0 Å². The number of hydrogen-bond acceptors (Lipinski definition) is 4. The van der Waals surface area contributed by atoms with Crippen LogP contribution in [-0.2, 0) is 11.2 Å². The van der Waals surface area contributed by atoms with E-state index in [1.54, 1.807) is 0 Å². The minimum atomic E-state index is 0. The third-order valence-corrected chi connectivity index (χ3v) is 4.34. The van der Waals surface area contributed by atoms with Crippen molar-refractivity contribution in [3.05, 3.63) is 17.0 Å². The van der Waals surface area contributed by atoms with Gasteiger partial charge in [0.25, 0.3) is 0 Å². The molecule has 5 nitrogen and oxygen atoms in total. The van der Waals surface area contributed by atoms with Gasteiger partial charge in [-0.1, -0.05) is 12.1 Å². The van der Waals surface area contributed by atoms with Crippen LogP contribution in [0.2, 0.25) is 0 Å². The second-order valence-electron chi connectivity index (χ2n) is 5.91. The molecule has 1 fully saturated rings. The van der Waals surface area contributed by atoms with Gasteiger partial charge < -0.3 is 15.2 Å². The first-order chi connectivity index (χ1) is 9.52. The van der Waals surface area contributed by atoms with Crippen LogP contribution >= 0.6 is 12.4 Å². The van der Waals surface area contributed by atoms with E-state index in [-0.39, 0.29) is 24.4 Å². The number of amides is 1. The molecule has 6 heteroatoms. The SMILES string of the molecule is Cc1noc(C)c1CCC(=O)N1CCC(C)CC1CN.Cl. The maximum atomic E-state index is 12.4. The summed E-state index contributed by atoms with van der Waals surface area (Å²) in [7, 11) is 0. The first-order valence-electron chi connectivity index (χ1n) is 7.44. The molecular formula is C15H26ClN3O2. The number of nitrogens with zero attached hydrogens (tertiary/aromatic N) is 2. The molecule has 2 N–H and O–H groups in total. The number of rotatable bonds is 4. The Bertz CT molecular complexity index is 456. The zero-order chi connectivity index (χ0) is 14.7.